The number of ether oxygens (including phenoxy) is 1. The Hall–Kier alpha value is -1.70. The molecular weight excluding hydrogens is 285 g/mol. The molecule has 0 N–H and O–H groups in total. The number of halogens is 2. The molecule has 0 fully saturated rings. The van der Waals surface area contributed by atoms with E-state index in [2.05, 4.69) is 4.99 Å². The van der Waals surface area contributed by atoms with E-state index in [1.165, 1.54) is 13.4 Å². The number of rotatable bonds is 4. The lowest BCUT2D eigenvalue weighted by Gasteiger charge is -2.07. The third kappa shape index (κ3) is 4.16. The minimum absolute atomic E-state index is 0.342. The third-order valence-corrected chi connectivity index (χ3v) is 2.68. The number of hydrogen-bond acceptors (Lipinski definition) is 3. The summed E-state index contributed by atoms with van der Waals surface area (Å²) >= 11 is 12.3. The highest BCUT2D eigenvalue weighted by Gasteiger charge is 2.10. The zero-order chi connectivity index (χ0) is 14.4. The lowest BCUT2D eigenvalue weighted by Crippen LogP contribution is -2.07. The fourth-order valence-electron chi connectivity index (χ4n) is 1.29. The second kappa shape index (κ2) is 7.03. The van der Waals surface area contributed by atoms with Gasteiger partial charge in [-0.05, 0) is 17.7 Å². The maximum Gasteiger partial charge on any atom is 0.103 e. The second-order valence-electron chi connectivity index (χ2n) is 3.88. The molecule has 0 aromatic heterocycles. The van der Waals surface area contributed by atoms with E-state index in [-0.39, 0.29) is 0 Å². The number of nitriles is 1. The van der Waals surface area contributed by atoms with Gasteiger partial charge in [0.05, 0.1) is 29.1 Å². The fourth-order valence-corrected chi connectivity index (χ4v) is 1.88. The first kappa shape index (κ1) is 15.4. The van der Waals surface area contributed by atoms with Crippen molar-refractivity contribution in [3.8, 4) is 6.07 Å². The second-order valence-corrected chi connectivity index (χ2v) is 4.69. The molecule has 100 valence electrons. The highest BCUT2D eigenvalue weighted by molar-refractivity contribution is 6.39. The summed E-state index contributed by atoms with van der Waals surface area (Å²) in [4.78, 5) is 5.95. The van der Waals surface area contributed by atoms with Crippen molar-refractivity contribution in [1.29, 1.82) is 5.26 Å². The Labute approximate surface area is 122 Å². The Morgan fingerprint density at radius 1 is 1.37 bits per heavy atom. The number of methoxy groups -OCH3 is 1. The minimum atomic E-state index is 0.342. The number of benzene rings is 1. The van der Waals surface area contributed by atoms with Gasteiger partial charge < -0.3 is 9.64 Å². The van der Waals surface area contributed by atoms with Gasteiger partial charge in [-0.1, -0.05) is 23.2 Å². The molecule has 0 unspecified atom stereocenters. The summed E-state index contributed by atoms with van der Waals surface area (Å²) in [6.07, 6.45) is 2.94. The van der Waals surface area contributed by atoms with Crippen LogP contribution in [-0.2, 0) is 4.74 Å². The van der Waals surface area contributed by atoms with Crippen LogP contribution in [0.1, 0.15) is 5.56 Å². The Kier molecular flexibility index (Phi) is 5.68. The Morgan fingerprint density at radius 2 is 1.95 bits per heavy atom. The minimum Gasteiger partial charge on any atom is -0.503 e. The van der Waals surface area contributed by atoms with E-state index in [4.69, 9.17) is 33.2 Å². The maximum atomic E-state index is 9.02. The van der Waals surface area contributed by atoms with E-state index >= 15 is 0 Å². The third-order valence-electron chi connectivity index (χ3n) is 2.10. The maximum absolute atomic E-state index is 9.02. The van der Waals surface area contributed by atoms with Gasteiger partial charge in [0.2, 0.25) is 0 Å². The fraction of sp³-hybridized carbons (Fsp3) is 0.231. The van der Waals surface area contributed by atoms with E-state index in [1.54, 1.807) is 23.4 Å². The summed E-state index contributed by atoms with van der Waals surface area (Å²) in [6, 6.07) is 5.27. The summed E-state index contributed by atoms with van der Waals surface area (Å²) in [5, 5.41) is 9.76. The molecule has 0 saturated heterocycles. The van der Waals surface area contributed by atoms with Crippen molar-refractivity contribution in [3.05, 3.63) is 34.0 Å². The average molecular weight is 298 g/mol. The van der Waals surface area contributed by atoms with Crippen molar-refractivity contribution in [2.45, 2.75) is 0 Å². The van der Waals surface area contributed by atoms with Gasteiger partial charge in [0.25, 0.3) is 0 Å². The van der Waals surface area contributed by atoms with Gasteiger partial charge in [-0.3, -0.25) is 0 Å². The van der Waals surface area contributed by atoms with Gasteiger partial charge in [0, 0.05) is 14.1 Å². The van der Waals surface area contributed by atoms with Gasteiger partial charge in [-0.2, -0.15) is 5.26 Å². The number of allylic oxidation sites excluding steroid dienone is 1. The van der Waals surface area contributed by atoms with Crippen LogP contribution >= 0.6 is 23.2 Å². The molecule has 0 aliphatic heterocycles. The molecule has 0 bridgehead atoms. The Morgan fingerprint density at radius 3 is 2.37 bits per heavy atom. The van der Waals surface area contributed by atoms with Crippen LogP contribution in [0.25, 0.3) is 5.57 Å². The van der Waals surface area contributed by atoms with Crippen LogP contribution in [0, 0.1) is 11.3 Å². The molecule has 0 saturated carbocycles. The van der Waals surface area contributed by atoms with Crippen molar-refractivity contribution in [1.82, 2.24) is 4.90 Å². The highest BCUT2D eigenvalue weighted by atomic mass is 35.5. The molecule has 0 amide bonds. The van der Waals surface area contributed by atoms with E-state index < -0.39 is 0 Å². The quantitative estimate of drug-likeness (QED) is 0.368. The average Bonchev–Trinajstić information content (AvgIpc) is 2.34. The Balaban J connectivity index is 3.25. The molecule has 1 aromatic rings. The molecule has 0 radical (unpaired) electrons. The zero-order valence-corrected chi connectivity index (χ0v) is 12.3. The van der Waals surface area contributed by atoms with Crippen LogP contribution in [0.2, 0.25) is 10.0 Å². The van der Waals surface area contributed by atoms with Gasteiger partial charge in [0.1, 0.15) is 18.0 Å². The van der Waals surface area contributed by atoms with E-state index in [0.29, 0.717) is 26.9 Å². The van der Waals surface area contributed by atoms with Crippen LogP contribution in [-0.4, -0.2) is 32.4 Å². The van der Waals surface area contributed by atoms with Gasteiger partial charge >= 0.3 is 0 Å². The lowest BCUT2D eigenvalue weighted by molar-refractivity contribution is 0.340. The zero-order valence-electron chi connectivity index (χ0n) is 10.8. The first-order valence-corrected chi connectivity index (χ1v) is 6.08. The van der Waals surface area contributed by atoms with Crippen LogP contribution < -0.4 is 0 Å². The van der Waals surface area contributed by atoms with Gasteiger partial charge in [-0.15, -0.1) is 0 Å². The summed E-state index contributed by atoms with van der Waals surface area (Å²) in [5.41, 5.74) is 1.40. The van der Waals surface area contributed by atoms with Crippen molar-refractivity contribution in [2.75, 3.05) is 21.2 Å². The smallest absolute Gasteiger partial charge is 0.103 e. The van der Waals surface area contributed by atoms with E-state index in [9.17, 15) is 0 Å². The summed E-state index contributed by atoms with van der Waals surface area (Å²) in [6.45, 7) is 0. The normalized spacial score (nSPS) is 11.5. The molecule has 6 heteroatoms. The standard InChI is InChI=1S/C13H13Cl2N3O/c1-18(2)8-17-13-11(14)4-9(5-12(13)15)10(6-16)7-19-3/h4-5,7-8H,1-3H3/b10-7+,17-8?. The molecule has 1 aromatic carbocycles. The molecule has 0 aliphatic carbocycles. The summed E-state index contributed by atoms with van der Waals surface area (Å²) < 4.78 is 4.83. The monoisotopic (exact) mass is 297 g/mol. The van der Waals surface area contributed by atoms with Crippen LogP contribution in [0.5, 0.6) is 0 Å². The van der Waals surface area contributed by atoms with E-state index in [0.717, 1.165) is 0 Å². The SMILES string of the molecule is CO/C=C(\C#N)c1cc(Cl)c(N=CN(C)C)c(Cl)c1. The molecule has 0 heterocycles. The van der Waals surface area contributed by atoms with Crippen LogP contribution in [0.4, 0.5) is 5.69 Å². The van der Waals surface area contributed by atoms with Crippen molar-refractivity contribution >= 4 is 40.8 Å². The summed E-state index contributed by atoms with van der Waals surface area (Å²) in [5.74, 6) is 0. The largest absolute Gasteiger partial charge is 0.503 e. The molecular formula is C13H13Cl2N3O. The van der Waals surface area contributed by atoms with Crippen molar-refractivity contribution < 1.29 is 4.74 Å². The predicted molar refractivity (Wildman–Crippen MR) is 78.9 cm³/mol. The highest BCUT2D eigenvalue weighted by Crippen LogP contribution is 2.36. The summed E-state index contributed by atoms with van der Waals surface area (Å²) in [7, 11) is 5.15. The predicted octanol–water partition coefficient (Wildman–Crippen LogP) is 3.73. The number of nitrogens with zero attached hydrogens (tertiary/aromatic N) is 3. The number of hydrogen-bond donors (Lipinski definition) is 0. The van der Waals surface area contributed by atoms with Crippen molar-refractivity contribution in [2.24, 2.45) is 4.99 Å². The molecule has 19 heavy (non-hydrogen) atoms. The van der Waals surface area contributed by atoms with Crippen LogP contribution in [0.15, 0.2) is 23.4 Å². The van der Waals surface area contributed by atoms with Gasteiger partial charge in [0.15, 0.2) is 0 Å². The molecule has 1 rings (SSSR count). The molecule has 4 nitrogen and oxygen atoms in total. The molecule has 0 atom stereocenters. The molecule has 0 spiro atoms. The van der Waals surface area contributed by atoms with Crippen LogP contribution in [0.3, 0.4) is 0 Å². The Bertz CT molecular complexity index is 536. The van der Waals surface area contributed by atoms with Gasteiger partial charge in [-0.25, -0.2) is 4.99 Å². The topological polar surface area (TPSA) is 48.6 Å². The first-order chi connectivity index (χ1) is 8.99. The van der Waals surface area contributed by atoms with E-state index in [1.807, 2.05) is 20.2 Å². The molecule has 0 aliphatic rings. The number of aliphatic imine (C=N–C) groups is 1. The lowest BCUT2D eigenvalue weighted by atomic mass is 10.1. The van der Waals surface area contributed by atoms with Crippen molar-refractivity contribution in [3.63, 3.8) is 0 Å². The first-order valence-electron chi connectivity index (χ1n) is 5.32.